The van der Waals surface area contributed by atoms with E-state index in [1.165, 1.54) is 10.9 Å². The summed E-state index contributed by atoms with van der Waals surface area (Å²) in [5.41, 5.74) is 5.73. The molecule has 94 valence electrons. The number of fused-ring (bicyclic) bond motifs is 5. The van der Waals surface area contributed by atoms with Crippen molar-refractivity contribution in [1.82, 2.24) is 0 Å². The molecule has 3 aromatic carbocycles. The van der Waals surface area contributed by atoms with Crippen molar-refractivity contribution in [3.05, 3.63) is 78.4 Å². The Hall–Kier alpha value is -2.67. The molecule has 0 saturated heterocycles. The first-order valence-corrected chi connectivity index (χ1v) is 6.67. The first-order chi connectivity index (χ1) is 9.77. The number of allylic oxidation sites excluding steroid dienone is 1. The second kappa shape index (κ2) is 3.91. The van der Waals surface area contributed by atoms with Gasteiger partial charge in [-0.05, 0) is 27.5 Å². The Morgan fingerprint density at radius 3 is 2.25 bits per heavy atom. The van der Waals surface area contributed by atoms with E-state index in [-0.39, 0.29) is 0 Å². The topological polar surface area (TPSA) is 23.9 Å². The fourth-order valence-electron chi connectivity index (χ4n) is 3.03. The summed E-state index contributed by atoms with van der Waals surface area (Å²) in [4.78, 5) is 0. The molecule has 0 fully saturated rings. The standard InChI is InChI=1S/C19H13N/c1-12-14-7-4-5-9-16(14)17-11-10-13-6-2-3-8-15(13)18(17)19(12)20/h2-11,20H,1H2. The lowest BCUT2D eigenvalue weighted by molar-refractivity contribution is 1.47. The van der Waals surface area contributed by atoms with Gasteiger partial charge in [0.2, 0.25) is 0 Å². The van der Waals surface area contributed by atoms with Gasteiger partial charge in [0.15, 0.2) is 0 Å². The van der Waals surface area contributed by atoms with E-state index in [4.69, 9.17) is 5.41 Å². The highest BCUT2D eigenvalue weighted by molar-refractivity contribution is 6.38. The molecule has 1 N–H and O–H groups in total. The molecule has 0 saturated carbocycles. The zero-order chi connectivity index (χ0) is 13.7. The number of hydrogen-bond acceptors (Lipinski definition) is 1. The van der Waals surface area contributed by atoms with E-state index in [1.54, 1.807) is 0 Å². The van der Waals surface area contributed by atoms with Crippen LogP contribution < -0.4 is 0 Å². The van der Waals surface area contributed by atoms with Gasteiger partial charge in [-0.25, -0.2) is 0 Å². The molecule has 0 spiro atoms. The van der Waals surface area contributed by atoms with Crippen molar-refractivity contribution in [3.63, 3.8) is 0 Å². The lowest BCUT2D eigenvalue weighted by atomic mass is 9.79. The number of rotatable bonds is 0. The van der Waals surface area contributed by atoms with Crippen molar-refractivity contribution in [2.75, 3.05) is 0 Å². The highest BCUT2D eigenvalue weighted by Crippen LogP contribution is 2.41. The van der Waals surface area contributed by atoms with Crippen LogP contribution in [0.25, 0.3) is 27.5 Å². The summed E-state index contributed by atoms with van der Waals surface area (Å²) in [6, 6.07) is 20.7. The van der Waals surface area contributed by atoms with Gasteiger partial charge in [-0.15, -0.1) is 0 Å². The summed E-state index contributed by atoms with van der Waals surface area (Å²) in [5, 5.41) is 10.8. The van der Waals surface area contributed by atoms with E-state index < -0.39 is 0 Å². The molecule has 20 heavy (non-hydrogen) atoms. The van der Waals surface area contributed by atoms with Gasteiger partial charge in [0.05, 0.1) is 5.71 Å². The van der Waals surface area contributed by atoms with Crippen LogP contribution in [0, 0.1) is 5.41 Å². The molecule has 0 atom stereocenters. The second-order valence-corrected chi connectivity index (χ2v) is 5.11. The van der Waals surface area contributed by atoms with Gasteiger partial charge in [0.25, 0.3) is 0 Å². The Bertz CT molecular complexity index is 887. The van der Waals surface area contributed by atoms with Crippen LogP contribution in [0.15, 0.2) is 67.2 Å². The summed E-state index contributed by atoms with van der Waals surface area (Å²) >= 11 is 0. The van der Waals surface area contributed by atoms with Crippen LogP contribution >= 0.6 is 0 Å². The van der Waals surface area contributed by atoms with Crippen LogP contribution in [0.4, 0.5) is 0 Å². The van der Waals surface area contributed by atoms with E-state index in [2.05, 4.69) is 36.9 Å². The van der Waals surface area contributed by atoms with Gasteiger partial charge >= 0.3 is 0 Å². The maximum Gasteiger partial charge on any atom is 0.0697 e. The molecule has 0 bridgehead atoms. The molecule has 1 nitrogen and oxygen atoms in total. The van der Waals surface area contributed by atoms with Gasteiger partial charge in [-0.1, -0.05) is 67.2 Å². The molecule has 0 heterocycles. The molecule has 1 heteroatoms. The quantitative estimate of drug-likeness (QED) is 0.590. The molecular formula is C19H13N. The Morgan fingerprint density at radius 1 is 0.700 bits per heavy atom. The molecule has 0 aliphatic heterocycles. The highest BCUT2D eigenvalue weighted by Gasteiger charge is 2.24. The first kappa shape index (κ1) is 11.2. The summed E-state index contributed by atoms with van der Waals surface area (Å²) in [7, 11) is 0. The number of hydrogen-bond donors (Lipinski definition) is 1. The summed E-state index contributed by atoms with van der Waals surface area (Å²) < 4.78 is 0. The predicted octanol–water partition coefficient (Wildman–Crippen LogP) is 4.90. The van der Waals surface area contributed by atoms with Crippen LogP contribution in [-0.2, 0) is 0 Å². The maximum atomic E-state index is 8.49. The molecule has 0 radical (unpaired) electrons. The van der Waals surface area contributed by atoms with Crippen LogP contribution in [0.3, 0.4) is 0 Å². The summed E-state index contributed by atoms with van der Waals surface area (Å²) in [6.45, 7) is 4.12. The van der Waals surface area contributed by atoms with Crippen LogP contribution in [0.2, 0.25) is 0 Å². The zero-order valence-corrected chi connectivity index (χ0v) is 11.0. The van der Waals surface area contributed by atoms with Crippen LogP contribution in [0.5, 0.6) is 0 Å². The molecule has 1 aliphatic carbocycles. The maximum absolute atomic E-state index is 8.49. The van der Waals surface area contributed by atoms with Crippen molar-refractivity contribution in [2.45, 2.75) is 0 Å². The third-order valence-corrected chi connectivity index (χ3v) is 4.02. The van der Waals surface area contributed by atoms with E-state index in [0.717, 1.165) is 27.6 Å². The first-order valence-electron chi connectivity index (χ1n) is 6.67. The molecule has 3 aromatic rings. The van der Waals surface area contributed by atoms with Gasteiger partial charge in [0.1, 0.15) is 0 Å². The Balaban J connectivity index is 2.19. The predicted molar refractivity (Wildman–Crippen MR) is 85.2 cm³/mol. The average molecular weight is 255 g/mol. The molecule has 0 unspecified atom stereocenters. The third kappa shape index (κ3) is 1.35. The van der Waals surface area contributed by atoms with Crippen molar-refractivity contribution in [2.24, 2.45) is 0 Å². The van der Waals surface area contributed by atoms with Gasteiger partial charge in [-0.2, -0.15) is 0 Å². The molecule has 0 amide bonds. The molecule has 1 aliphatic rings. The van der Waals surface area contributed by atoms with Crippen molar-refractivity contribution >= 4 is 22.1 Å². The van der Waals surface area contributed by atoms with Crippen LogP contribution in [0.1, 0.15) is 11.1 Å². The lowest BCUT2D eigenvalue weighted by Crippen LogP contribution is -2.11. The normalized spacial score (nSPS) is 13.2. The van der Waals surface area contributed by atoms with Crippen LogP contribution in [-0.4, -0.2) is 5.71 Å². The minimum atomic E-state index is 0.537. The monoisotopic (exact) mass is 255 g/mol. The summed E-state index contributed by atoms with van der Waals surface area (Å²) in [6.07, 6.45) is 0. The Labute approximate surface area is 117 Å². The highest BCUT2D eigenvalue weighted by atomic mass is 14.5. The van der Waals surface area contributed by atoms with Crippen molar-refractivity contribution in [3.8, 4) is 11.1 Å². The van der Waals surface area contributed by atoms with Gasteiger partial charge in [-0.3, -0.25) is 5.41 Å². The zero-order valence-electron chi connectivity index (χ0n) is 11.0. The van der Waals surface area contributed by atoms with E-state index in [1.807, 2.05) is 30.3 Å². The van der Waals surface area contributed by atoms with E-state index in [0.29, 0.717) is 5.71 Å². The number of benzene rings is 3. The number of nitrogens with one attached hydrogen (secondary N) is 1. The van der Waals surface area contributed by atoms with Gasteiger partial charge < -0.3 is 0 Å². The molecule has 4 rings (SSSR count). The average Bonchev–Trinajstić information content (AvgIpc) is 2.51. The minimum absolute atomic E-state index is 0.537. The smallest absolute Gasteiger partial charge is 0.0697 e. The second-order valence-electron chi connectivity index (χ2n) is 5.11. The largest absolute Gasteiger partial charge is 0.300 e. The van der Waals surface area contributed by atoms with E-state index >= 15 is 0 Å². The van der Waals surface area contributed by atoms with Crippen molar-refractivity contribution in [1.29, 1.82) is 5.41 Å². The minimum Gasteiger partial charge on any atom is -0.300 e. The SMILES string of the molecule is C=C1C(=N)c2c(ccc3ccccc23)-c2ccccc21. The summed E-state index contributed by atoms with van der Waals surface area (Å²) in [5.74, 6) is 0. The Kier molecular flexibility index (Phi) is 2.19. The van der Waals surface area contributed by atoms with Gasteiger partial charge in [0, 0.05) is 11.1 Å². The Morgan fingerprint density at radius 2 is 1.40 bits per heavy atom. The fourth-order valence-corrected chi connectivity index (χ4v) is 3.03. The third-order valence-electron chi connectivity index (χ3n) is 4.02. The molecular weight excluding hydrogens is 242 g/mol. The van der Waals surface area contributed by atoms with Crippen molar-refractivity contribution < 1.29 is 0 Å². The fraction of sp³-hybridized carbons (Fsp3) is 0. The lowest BCUT2D eigenvalue weighted by Gasteiger charge is -2.24. The molecule has 0 aromatic heterocycles. The van der Waals surface area contributed by atoms with E-state index in [9.17, 15) is 0 Å².